The highest BCUT2D eigenvalue weighted by atomic mass is 16.6. The Kier molecular flexibility index (Phi) is 7.12. The smallest absolute Gasteiger partial charge is 0.334 e. The third kappa shape index (κ3) is 4.94. The summed E-state index contributed by atoms with van der Waals surface area (Å²) in [5.41, 5.74) is 1.61. The maximum absolute atomic E-state index is 12.3. The van der Waals surface area contributed by atoms with Crippen molar-refractivity contribution in [2.45, 2.75) is 45.0 Å². The highest BCUT2D eigenvalue weighted by Crippen LogP contribution is 2.36. The molecule has 27 heavy (non-hydrogen) atoms. The number of esters is 2. The number of aliphatic hydroxyl groups excluding tert-OH is 3. The lowest BCUT2D eigenvalue weighted by atomic mass is 9.85. The molecule has 7 nitrogen and oxygen atoms in total. The van der Waals surface area contributed by atoms with Crippen molar-refractivity contribution in [3.05, 3.63) is 47.1 Å². The van der Waals surface area contributed by atoms with Crippen LogP contribution in [0, 0.1) is 5.92 Å². The summed E-state index contributed by atoms with van der Waals surface area (Å²) < 4.78 is 11.0. The van der Waals surface area contributed by atoms with Crippen molar-refractivity contribution in [3.8, 4) is 0 Å². The molecule has 1 aliphatic heterocycles. The van der Waals surface area contributed by atoms with E-state index >= 15 is 0 Å². The quantitative estimate of drug-likeness (QED) is 0.379. The van der Waals surface area contributed by atoms with Crippen molar-refractivity contribution in [1.82, 2.24) is 0 Å². The van der Waals surface area contributed by atoms with E-state index in [1.807, 2.05) is 0 Å². The summed E-state index contributed by atoms with van der Waals surface area (Å²) in [5.74, 6) is -1.85. The Balaban J connectivity index is 2.43. The zero-order valence-electron chi connectivity index (χ0n) is 15.6. The summed E-state index contributed by atoms with van der Waals surface area (Å²) in [6.07, 6.45) is 2.86. The molecule has 0 saturated carbocycles. The van der Waals surface area contributed by atoms with E-state index in [0.717, 1.165) is 0 Å². The lowest BCUT2D eigenvalue weighted by Crippen LogP contribution is -2.34. The van der Waals surface area contributed by atoms with Crippen molar-refractivity contribution < 1.29 is 34.4 Å². The van der Waals surface area contributed by atoms with Gasteiger partial charge in [0.2, 0.25) is 0 Å². The molecular formula is C20H26O7. The third-order valence-corrected chi connectivity index (χ3v) is 4.89. The minimum atomic E-state index is -0.791. The number of fused-ring (bicyclic) bond motifs is 1. The van der Waals surface area contributed by atoms with E-state index in [1.54, 1.807) is 19.1 Å². The molecule has 0 aromatic heterocycles. The largest absolute Gasteiger partial charge is 0.458 e. The summed E-state index contributed by atoms with van der Waals surface area (Å²) in [6.45, 7) is 6.46. The van der Waals surface area contributed by atoms with Crippen LogP contribution >= 0.6 is 0 Å². The number of aliphatic hydroxyl groups is 3. The molecule has 0 aromatic carbocycles. The van der Waals surface area contributed by atoms with Gasteiger partial charge in [0.15, 0.2) is 0 Å². The van der Waals surface area contributed by atoms with Crippen LogP contribution in [0.3, 0.4) is 0 Å². The lowest BCUT2D eigenvalue weighted by molar-refractivity contribution is -0.147. The van der Waals surface area contributed by atoms with Gasteiger partial charge in [-0.3, -0.25) is 0 Å². The highest BCUT2D eigenvalue weighted by molar-refractivity contribution is 5.92. The Morgan fingerprint density at radius 3 is 2.78 bits per heavy atom. The van der Waals surface area contributed by atoms with Crippen molar-refractivity contribution in [3.63, 3.8) is 0 Å². The molecule has 0 spiro atoms. The maximum atomic E-state index is 12.3. The summed E-state index contributed by atoms with van der Waals surface area (Å²) in [5, 5.41) is 28.9. The number of ether oxygens (including phenoxy) is 2. The van der Waals surface area contributed by atoms with Gasteiger partial charge in [-0.25, -0.2) is 9.59 Å². The van der Waals surface area contributed by atoms with E-state index in [9.17, 15) is 19.8 Å². The average molecular weight is 378 g/mol. The zero-order valence-corrected chi connectivity index (χ0v) is 15.6. The Hall–Kier alpha value is -2.22. The molecular weight excluding hydrogens is 352 g/mol. The Bertz CT molecular complexity index is 699. The van der Waals surface area contributed by atoms with E-state index < -0.39 is 36.2 Å². The minimum Gasteiger partial charge on any atom is -0.458 e. The lowest BCUT2D eigenvalue weighted by Gasteiger charge is -2.28. The second-order valence-corrected chi connectivity index (χ2v) is 6.82. The first-order valence-electron chi connectivity index (χ1n) is 8.82. The molecule has 3 N–H and O–H groups in total. The minimum absolute atomic E-state index is 0.172. The van der Waals surface area contributed by atoms with E-state index in [-0.39, 0.29) is 37.2 Å². The van der Waals surface area contributed by atoms with Gasteiger partial charge in [0.25, 0.3) is 0 Å². The zero-order chi connectivity index (χ0) is 20.1. The van der Waals surface area contributed by atoms with E-state index in [4.69, 9.17) is 14.6 Å². The van der Waals surface area contributed by atoms with Gasteiger partial charge < -0.3 is 24.8 Å². The highest BCUT2D eigenvalue weighted by Gasteiger charge is 2.44. The Morgan fingerprint density at radius 1 is 1.44 bits per heavy atom. The third-order valence-electron chi connectivity index (χ3n) is 4.89. The van der Waals surface area contributed by atoms with Crippen molar-refractivity contribution in [2.75, 3.05) is 13.2 Å². The molecule has 1 fully saturated rings. The molecule has 2 aliphatic rings. The normalized spacial score (nSPS) is 33.3. The summed E-state index contributed by atoms with van der Waals surface area (Å²) in [6, 6.07) is 0. The number of carbonyl (C=O) groups excluding carboxylic acids is 2. The first-order chi connectivity index (χ1) is 12.8. The van der Waals surface area contributed by atoms with E-state index in [1.165, 1.54) is 13.0 Å². The predicted octanol–water partition coefficient (Wildman–Crippen LogP) is 0.954. The Labute approximate surface area is 158 Å². The maximum Gasteiger partial charge on any atom is 0.334 e. The van der Waals surface area contributed by atoms with Crippen molar-refractivity contribution >= 4 is 11.9 Å². The molecule has 0 radical (unpaired) electrons. The fourth-order valence-corrected chi connectivity index (χ4v) is 3.18. The van der Waals surface area contributed by atoms with Gasteiger partial charge in [-0.2, -0.15) is 0 Å². The Morgan fingerprint density at radius 2 is 2.15 bits per heavy atom. The second-order valence-electron chi connectivity index (χ2n) is 6.82. The second kappa shape index (κ2) is 9.12. The van der Waals surface area contributed by atoms with Gasteiger partial charge in [0.1, 0.15) is 12.2 Å². The van der Waals surface area contributed by atoms with Gasteiger partial charge in [-0.1, -0.05) is 12.7 Å². The van der Waals surface area contributed by atoms with E-state index in [2.05, 4.69) is 6.58 Å². The van der Waals surface area contributed by atoms with Crippen LogP contribution in [0.1, 0.15) is 26.7 Å². The molecule has 148 valence electrons. The van der Waals surface area contributed by atoms with Crippen LogP contribution < -0.4 is 0 Å². The van der Waals surface area contributed by atoms with Crippen LogP contribution in [0.4, 0.5) is 0 Å². The summed E-state index contributed by atoms with van der Waals surface area (Å²) >= 11 is 0. The topological polar surface area (TPSA) is 113 Å². The fourth-order valence-electron chi connectivity index (χ4n) is 3.18. The monoisotopic (exact) mass is 378 g/mol. The number of hydrogen-bond donors (Lipinski definition) is 3. The van der Waals surface area contributed by atoms with Crippen LogP contribution in [-0.4, -0.2) is 58.8 Å². The van der Waals surface area contributed by atoms with Crippen LogP contribution in [0.15, 0.2) is 47.1 Å². The van der Waals surface area contributed by atoms with Gasteiger partial charge in [-0.15, -0.1) is 0 Å². The predicted molar refractivity (Wildman–Crippen MR) is 97.4 cm³/mol. The van der Waals surface area contributed by atoms with Crippen molar-refractivity contribution in [1.29, 1.82) is 0 Å². The molecule has 0 aromatic rings. The van der Waals surface area contributed by atoms with Crippen molar-refractivity contribution in [2.24, 2.45) is 5.92 Å². The average Bonchev–Trinajstić information content (AvgIpc) is 2.90. The van der Waals surface area contributed by atoms with Gasteiger partial charge in [-0.05, 0) is 43.6 Å². The molecule has 1 aliphatic carbocycles. The molecule has 2 rings (SSSR count). The number of carbonyl (C=O) groups is 2. The summed E-state index contributed by atoms with van der Waals surface area (Å²) in [7, 11) is 0. The summed E-state index contributed by atoms with van der Waals surface area (Å²) in [4.78, 5) is 24.4. The molecule has 4 atom stereocenters. The first kappa shape index (κ1) is 21.1. The molecule has 0 unspecified atom stereocenters. The van der Waals surface area contributed by atoms with Crippen LogP contribution in [0.25, 0.3) is 0 Å². The standard InChI is InChI=1S/C20H26O7/c1-11(6-7-21)19(24)26-17-9-14(10-22)4-5-15(23)12(2)8-16-18(17)13(3)20(25)27-16/h4,6,8,15-18,21-23H,3,5,7,9-10H2,1-2H3/b11-6+,12-8+,14-4-/t15-,16-,17-,18+/m1/s1. The molecule has 0 amide bonds. The van der Waals surface area contributed by atoms with Gasteiger partial charge in [0.05, 0.1) is 25.2 Å². The van der Waals surface area contributed by atoms with Gasteiger partial charge in [0, 0.05) is 17.6 Å². The first-order valence-corrected chi connectivity index (χ1v) is 8.82. The molecule has 1 heterocycles. The molecule has 0 bridgehead atoms. The van der Waals surface area contributed by atoms with Crippen LogP contribution in [-0.2, 0) is 19.1 Å². The van der Waals surface area contributed by atoms with Crippen LogP contribution in [0.2, 0.25) is 0 Å². The fraction of sp³-hybridized carbons (Fsp3) is 0.500. The van der Waals surface area contributed by atoms with Gasteiger partial charge >= 0.3 is 11.9 Å². The number of hydrogen-bond acceptors (Lipinski definition) is 7. The molecule has 1 saturated heterocycles. The van der Waals surface area contributed by atoms with Crippen LogP contribution in [0.5, 0.6) is 0 Å². The number of rotatable bonds is 4. The molecule has 7 heteroatoms. The van der Waals surface area contributed by atoms with E-state index in [0.29, 0.717) is 11.1 Å². The SMILES string of the molecule is C=C1C(=O)O[C@@H]2/C=C(\C)[C@H](O)C/C=C(\CO)C[C@@H](OC(=O)/C(C)=C/CO)[C@@H]12.